The van der Waals surface area contributed by atoms with Gasteiger partial charge in [-0.1, -0.05) is 203 Å². The van der Waals surface area contributed by atoms with Gasteiger partial charge in [0.1, 0.15) is 6.61 Å². The molecule has 1 unspecified atom stereocenters. The highest BCUT2D eigenvalue weighted by Crippen LogP contribution is 2.14. The lowest BCUT2D eigenvalue weighted by Gasteiger charge is -2.18. The van der Waals surface area contributed by atoms with Crippen LogP contribution in [-0.2, 0) is 23.8 Å². The molecule has 0 aliphatic rings. The summed E-state index contributed by atoms with van der Waals surface area (Å²) in [6.45, 7) is 7.56. The molecule has 0 heterocycles. The summed E-state index contributed by atoms with van der Waals surface area (Å²) in [5, 5.41) is 0. The van der Waals surface area contributed by atoms with E-state index in [1.807, 2.05) is 0 Å². The second-order valence-corrected chi connectivity index (χ2v) is 16.0. The van der Waals surface area contributed by atoms with E-state index in [2.05, 4.69) is 93.7 Å². The zero-order chi connectivity index (χ0) is 42.1. The predicted molar refractivity (Wildman–Crippen MR) is 251 cm³/mol. The van der Waals surface area contributed by atoms with Crippen molar-refractivity contribution >= 4 is 11.9 Å². The molecule has 0 amide bonds. The Hall–Kier alpha value is -2.66. The summed E-state index contributed by atoms with van der Waals surface area (Å²) in [4.78, 5) is 25.3. The van der Waals surface area contributed by atoms with Crippen LogP contribution >= 0.6 is 0 Å². The number of hydrogen-bond acceptors (Lipinski definition) is 5. The Morgan fingerprint density at radius 3 is 1.26 bits per heavy atom. The lowest BCUT2D eigenvalue weighted by Crippen LogP contribution is -2.30. The first-order chi connectivity index (χ1) is 28.6. The molecule has 0 radical (unpaired) electrons. The molecule has 0 aromatic heterocycles. The highest BCUT2D eigenvalue weighted by Gasteiger charge is 2.17. The fraction of sp³-hybridized carbons (Fsp3) is 0.736. The van der Waals surface area contributed by atoms with Crippen LogP contribution < -0.4 is 0 Å². The first-order valence-electron chi connectivity index (χ1n) is 24.5. The molecule has 0 saturated heterocycles. The molecule has 58 heavy (non-hydrogen) atoms. The van der Waals surface area contributed by atoms with Crippen LogP contribution in [0.4, 0.5) is 0 Å². The van der Waals surface area contributed by atoms with Gasteiger partial charge in [0, 0.05) is 19.4 Å². The highest BCUT2D eigenvalue weighted by molar-refractivity contribution is 5.70. The normalized spacial score (nSPS) is 12.8. The SMILES string of the molecule is CC/C=C\C/C=C\C/C=C\CCCCCCCCCCOCC(COC(=O)CCCCC/C=C\C/C=C\C/C=C\CC)OC(=O)CCCCCCCCCCCCC. The molecule has 334 valence electrons. The molecule has 0 saturated carbocycles. The Kier molecular flexibility index (Phi) is 46.5. The summed E-state index contributed by atoms with van der Waals surface area (Å²) in [5.74, 6) is -0.434. The van der Waals surface area contributed by atoms with Gasteiger partial charge >= 0.3 is 11.9 Å². The van der Waals surface area contributed by atoms with Gasteiger partial charge in [-0.15, -0.1) is 0 Å². The Labute approximate surface area is 359 Å². The van der Waals surface area contributed by atoms with Crippen LogP contribution in [0.25, 0.3) is 0 Å². The molecule has 0 N–H and O–H groups in total. The van der Waals surface area contributed by atoms with Crippen molar-refractivity contribution in [3.05, 3.63) is 72.9 Å². The predicted octanol–water partition coefficient (Wildman–Crippen LogP) is 16.3. The van der Waals surface area contributed by atoms with Crippen molar-refractivity contribution in [2.75, 3.05) is 19.8 Å². The van der Waals surface area contributed by atoms with Crippen molar-refractivity contribution in [3.63, 3.8) is 0 Å². The number of ether oxygens (including phenoxy) is 3. The minimum atomic E-state index is -0.551. The van der Waals surface area contributed by atoms with Crippen molar-refractivity contribution in [2.45, 2.75) is 232 Å². The van der Waals surface area contributed by atoms with Crippen molar-refractivity contribution in [1.82, 2.24) is 0 Å². The molecule has 0 aliphatic heterocycles. The maximum atomic E-state index is 12.7. The molecular formula is C53H92O5. The Morgan fingerprint density at radius 2 is 0.776 bits per heavy atom. The van der Waals surface area contributed by atoms with Crippen LogP contribution in [0.15, 0.2) is 72.9 Å². The third-order valence-corrected chi connectivity index (χ3v) is 10.2. The standard InChI is InChI=1S/C53H92O5/c1-4-7-10-13-16-19-22-24-25-26-27-28-30-33-36-39-42-45-48-56-49-51(58-53(55)47-44-41-38-35-31-21-18-15-12-9-6-3)50-57-52(54)46-43-40-37-34-32-29-23-20-17-14-11-8-5-2/h7-8,10-11,16-17,19-20,24-25,29,32,51H,4-6,9,12-15,18,21-23,26-28,30-31,33-50H2,1-3H3/b10-7-,11-8-,19-16-,20-17-,25-24-,32-29-. The summed E-state index contributed by atoms with van der Waals surface area (Å²) < 4.78 is 17.3. The lowest BCUT2D eigenvalue weighted by atomic mass is 10.1. The molecule has 5 heteroatoms. The van der Waals surface area contributed by atoms with Crippen molar-refractivity contribution in [1.29, 1.82) is 0 Å². The van der Waals surface area contributed by atoms with E-state index < -0.39 is 6.10 Å². The van der Waals surface area contributed by atoms with Gasteiger partial charge in [0.2, 0.25) is 0 Å². The highest BCUT2D eigenvalue weighted by atomic mass is 16.6. The van der Waals surface area contributed by atoms with Crippen LogP contribution in [0.5, 0.6) is 0 Å². The van der Waals surface area contributed by atoms with Gasteiger partial charge in [-0.2, -0.15) is 0 Å². The molecular weight excluding hydrogens is 717 g/mol. The van der Waals surface area contributed by atoms with Crippen LogP contribution in [-0.4, -0.2) is 37.9 Å². The van der Waals surface area contributed by atoms with Gasteiger partial charge in [-0.25, -0.2) is 0 Å². The number of rotatable bonds is 44. The smallest absolute Gasteiger partial charge is 0.306 e. The van der Waals surface area contributed by atoms with Gasteiger partial charge in [-0.05, 0) is 83.5 Å². The summed E-state index contributed by atoms with van der Waals surface area (Å²) in [6, 6.07) is 0. The molecule has 0 aromatic carbocycles. The Balaban J connectivity index is 4.28. The van der Waals surface area contributed by atoms with Crippen LogP contribution in [0.2, 0.25) is 0 Å². The number of carbonyl (C=O) groups excluding carboxylic acids is 2. The van der Waals surface area contributed by atoms with E-state index in [1.54, 1.807) is 0 Å². The van der Waals surface area contributed by atoms with E-state index in [0.717, 1.165) is 89.9 Å². The Bertz CT molecular complexity index is 1050. The lowest BCUT2D eigenvalue weighted by molar-refractivity contribution is -0.163. The molecule has 0 aromatic rings. The maximum absolute atomic E-state index is 12.7. The van der Waals surface area contributed by atoms with Crippen LogP contribution in [0, 0.1) is 0 Å². The fourth-order valence-electron chi connectivity index (χ4n) is 6.66. The number of esters is 2. The van der Waals surface area contributed by atoms with Gasteiger partial charge in [0.05, 0.1) is 6.61 Å². The topological polar surface area (TPSA) is 61.8 Å². The van der Waals surface area contributed by atoms with E-state index in [4.69, 9.17) is 14.2 Å². The molecule has 0 spiro atoms. The van der Waals surface area contributed by atoms with Crippen LogP contribution in [0.3, 0.4) is 0 Å². The van der Waals surface area contributed by atoms with E-state index in [9.17, 15) is 9.59 Å². The average molecular weight is 809 g/mol. The summed E-state index contributed by atoms with van der Waals surface area (Å²) in [5.41, 5.74) is 0. The monoisotopic (exact) mass is 809 g/mol. The Morgan fingerprint density at radius 1 is 0.397 bits per heavy atom. The fourth-order valence-corrected chi connectivity index (χ4v) is 6.66. The quantitative estimate of drug-likeness (QED) is 0.0348. The second-order valence-electron chi connectivity index (χ2n) is 16.0. The van der Waals surface area contributed by atoms with E-state index in [1.165, 1.54) is 103 Å². The van der Waals surface area contributed by atoms with Gasteiger partial charge in [0.25, 0.3) is 0 Å². The van der Waals surface area contributed by atoms with Crippen molar-refractivity contribution < 1.29 is 23.8 Å². The van der Waals surface area contributed by atoms with E-state index in [-0.39, 0.29) is 25.2 Å². The summed E-state index contributed by atoms with van der Waals surface area (Å²) in [6.07, 6.45) is 61.9. The van der Waals surface area contributed by atoms with Gasteiger partial charge < -0.3 is 14.2 Å². The minimum Gasteiger partial charge on any atom is -0.462 e. The average Bonchev–Trinajstić information content (AvgIpc) is 3.22. The molecule has 5 nitrogen and oxygen atoms in total. The third-order valence-electron chi connectivity index (χ3n) is 10.2. The molecule has 0 fully saturated rings. The second kappa shape index (κ2) is 48.7. The maximum Gasteiger partial charge on any atom is 0.306 e. The van der Waals surface area contributed by atoms with Gasteiger partial charge in [0.15, 0.2) is 6.10 Å². The third kappa shape index (κ3) is 46.0. The van der Waals surface area contributed by atoms with Crippen molar-refractivity contribution in [3.8, 4) is 0 Å². The number of carbonyl (C=O) groups is 2. The molecule has 1 atom stereocenters. The zero-order valence-electron chi connectivity index (χ0n) is 38.3. The molecule has 0 aliphatic carbocycles. The number of hydrogen-bond donors (Lipinski definition) is 0. The molecule has 0 rings (SSSR count). The molecule has 0 bridgehead atoms. The summed E-state index contributed by atoms with van der Waals surface area (Å²) in [7, 11) is 0. The number of unbranched alkanes of at least 4 members (excludes halogenated alkanes) is 21. The first-order valence-corrected chi connectivity index (χ1v) is 24.5. The van der Waals surface area contributed by atoms with E-state index >= 15 is 0 Å². The summed E-state index contributed by atoms with van der Waals surface area (Å²) >= 11 is 0. The van der Waals surface area contributed by atoms with Crippen LogP contribution in [0.1, 0.15) is 226 Å². The minimum absolute atomic E-state index is 0.0666. The first kappa shape index (κ1) is 55.3. The van der Waals surface area contributed by atoms with Crippen molar-refractivity contribution in [2.24, 2.45) is 0 Å². The van der Waals surface area contributed by atoms with E-state index in [0.29, 0.717) is 19.4 Å². The van der Waals surface area contributed by atoms with Gasteiger partial charge in [-0.3, -0.25) is 9.59 Å². The largest absolute Gasteiger partial charge is 0.462 e. The zero-order valence-corrected chi connectivity index (χ0v) is 38.3. The number of allylic oxidation sites excluding steroid dienone is 12.